The third-order valence-electron chi connectivity index (χ3n) is 3.34. The Bertz CT molecular complexity index is 581. The quantitative estimate of drug-likeness (QED) is 0.493. The van der Waals surface area contributed by atoms with Crippen molar-refractivity contribution in [3.05, 3.63) is 36.0 Å². The van der Waals surface area contributed by atoms with Crippen LogP contribution in [0, 0.1) is 0 Å². The van der Waals surface area contributed by atoms with Gasteiger partial charge in [0.2, 0.25) is 5.91 Å². The summed E-state index contributed by atoms with van der Waals surface area (Å²) in [5, 5.41) is 31.0. The Balaban J connectivity index is 2.12. The maximum Gasteiger partial charge on any atom is 0.225 e. The summed E-state index contributed by atoms with van der Waals surface area (Å²) in [6, 6.07) is 7.61. The van der Waals surface area contributed by atoms with Gasteiger partial charge in [-0.3, -0.25) is 4.79 Å². The molecule has 6 heteroatoms. The number of H-pyrrole nitrogens is 1. The zero-order valence-corrected chi connectivity index (χ0v) is 11.0. The number of carbonyl (C=O) groups excluding carboxylic acids is 1. The molecule has 2 aromatic rings. The van der Waals surface area contributed by atoms with Crippen LogP contribution in [0.4, 0.5) is 0 Å². The van der Waals surface area contributed by atoms with Crippen molar-refractivity contribution < 1.29 is 20.1 Å². The predicted molar refractivity (Wildman–Crippen MR) is 74.1 cm³/mol. The summed E-state index contributed by atoms with van der Waals surface area (Å²) in [4.78, 5) is 15.1. The van der Waals surface area contributed by atoms with Crippen molar-refractivity contribution in [1.82, 2.24) is 10.3 Å². The van der Waals surface area contributed by atoms with E-state index in [4.69, 9.17) is 0 Å². The van der Waals surface area contributed by atoms with Crippen molar-refractivity contribution in [2.45, 2.75) is 12.0 Å². The van der Waals surface area contributed by atoms with E-state index in [0.717, 1.165) is 16.5 Å². The van der Waals surface area contributed by atoms with Crippen LogP contribution in [-0.2, 0) is 11.2 Å². The number of aromatic nitrogens is 1. The molecule has 6 nitrogen and oxygen atoms in total. The lowest BCUT2D eigenvalue weighted by Crippen LogP contribution is -2.57. The maximum absolute atomic E-state index is 12.0. The lowest BCUT2D eigenvalue weighted by Gasteiger charge is -2.28. The first-order chi connectivity index (χ1) is 9.64. The zero-order valence-electron chi connectivity index (χ0n) is 11.0. The van der Waals surface area contributed by atoms with Gasteiger partial charge in [-0.25, -0.2) is 0 Å². The number of hydrogen-bond acceptors (Lipinski definition) is 4. The average molecular weight is 278 g/mol. The Labute approximate surface area is 116 Å². The summed E-state index contributed by atoms with van der Waals surface area (Å²) in [5.41, 5.74) is 0.372. The van der Waals surface area contributed by atoms with Crippen molar-refractivity contribution in [2.75, 3.05) is 19.8 Å². The molecule has 1 heterocycles. The van der Waals surface area contributed by atoms with Gasteiger partial charge in [-0.2, -0.15) is 0 Å². The van der Waals surface area contributed by atoms with Gasteiger partial charge in [-0.05, 0) is 11.6 Å². The van der Waals surface area contributed by atoms with E-state index in [0.29, 0.717) is 0 Å². The molecule has 0 saturated carbocycles. The van der Waals surface area contributed by atoms with Gasteiger partial charge in [0, 0.05) is 17.1 Å². The Morgan fingerprint density at radius 2 is 1.80 bits per heavy atom. The molecule has 0 fully saturated rings. The van der Waals surface area contributed by atoms with Gasteiger partial charge in [0.15, 0.2) is 0 Å². The van der Waals surface area contributed by atoms with Crippen LogP contribution in [0.1, 0.15) is 5.56 Å². The summed E-state index contributed by atoms with van der Waals surface area (Å²) in [6.45, 7) is -1.58. The van der Waals surface area contributed by atoms with Crippen molar-refractivity contribution in [3.63, 3.8) is 0 Å². The molecule has 0 aliphatic heterocycles. The van der Waals surface area contributed by atoms with Crippen molar-refractivity contribution in [3.8, 4) is 0 Å². The van der Waals surface area contributed by atoms with E-state index in [1.807, 2.05) is 24.3 Å². The van der Waals surface area contributed by atoms with Crippen LogP contribution in [0.15, 0.2) is 30.5 Å². The number of carbonyl (C=O) groups is 1. The summed E-state index contributed by atoms with van der Waals surface area (Å²) in [6.07, 6.45) is 1.86. The van der Waals surface area contributed by atoms with Gasteiger partial charge in [-0.1, -0.05) is 18.2 Å². The number of para-hydroxylation sites is 1. The fourth-order valence-corrected chi connectivity index (χ4v) is 2.06. The van der Waals surface area contributed by atoms with Crippen LogP contribution >= 0.6 is 0 Å². The number of aliphatic hydroxyl groups excluding tert-OH is 3. The molecule has 1 amide bonds. The van der Waals surface area contributed by atoms with Crippen LogP contribution in [-0.4, -0.2) is 51.6 Å². The zero-order chi connectivity index (χ0) is 14.6. The minimum Gasteiger partial charge on any atom is -0.394 e. The molecule has 0 saturated heterocycles. The Kier molecular flexibility index (Phi) is 4.39. The summed E-state index contributed by atoms with van der Waals surface area (Å²) < 4.78 is 0. The second-order valence-electron chi connectivity index (χ2n) is 4.84. The second kappa shape index (κ2) is 6.04. The molecule has 5 N–H and O–H groups in total. The van der Waals surface area contributed by atoms with Gasteiger partial charge in [0.05, 0.1) is 26.2 Å². The van der Waals surface area contributed by atoms with E-state index >= 15 is 0 Å². The largest absolute Gasteiger partial charge is 0.394 e. The number of rotatable bonds is 6. The average Bonchev–Trinajstić information content (AvgIpc) is 2.88. The number of aliphatic hydroxyl groups is 3. The Morgan fingerprint density at radius 1 is 1.15 bits per heavy atom. The first kappa shape index (κ1) is 14.5. The van der Waals surface area contributed by atoms with Gasteiger partial charge < -0.3 is 25.6 Å². The van der Waals surface area contributed by atoms with E-state index in [1.165, 1.54) is 0 Å². The van der Waals surface area contributed by atoms with Gasteiger partial charge in [-0.15, -0.1) is 0 Å². The van der Waals surface area contributed by atoms with Crippen LogP contribution in [0.25, 0.3) is 10.9 Å². The topological polar surface area (TPSA) is 106 Å². The van der Waals surface area contributed by atoms with Gasteiger partial charge >= 0.3 is 0 Å². The number of hydrogen-bond donors (Lipinski definition) is 5. The van der Waals surface area contributed by atoms with Gasteiger partial charge in [0.25, 0.3) is 0 Å². The summed E-state index contributed by atoms with van der Waals surface area (Å²) in [5.74, 6) is -0.369. The Hall–Kier alpha value is -1.89. The van der Waals surface area contributed by atoms with Crippen LogP contribution < -0.4 is 5.32 Å². The number of benzene rings is 1. The SMILES string of the molecule is O=C(Cc1c[nH]c2ccccc12)NC(CO)(CO)CO. The van der Waals surface area contributed by atoms with Crippen LogP contribution in [0.2, 0.25) is 0 Å². The molecule has 2 rings (SSSR count). The van der Waals surface area contributed by atoms with E-state index in [-0.39, 0.29) is 12.3 Å². The molecule has 1 aromatic carbocycles. The van der Waals surface area contributed by atoms with E-state index < -0.39 is 25.4 Å². The maximum atomic E-state index is 12.0. The molecule has 0 atom stereocenters. The fourth-order valence-electron chi connectivity index (χ4n) is 2.06. The highest BCUT2D eigenvalue weighted by atomic mass is 16.3. The summed E-state index contributed by atoms with van der Waals surface area (Å²) in [7, 11) is 0. The highest BCUT2D eigenvalue weighted by molar-refractivity contribution is 5.89. The highest BCUT2D eigenvalue weighted by Crippen LogP contribution is 2.18. The highest BCUT2D eigenvalue weighted by Gasteiger charge is 2.29. The molecule has 1 aromatic heterocycles. The van der Waals surface area contributed by atoms with Crippen molar-refractivity contribution >= 4 is 16.8 Å². The number of aromatic amines is 1. The van der Waals surface area contributed by atoms with Crippen molar-refractivity contribution in [1.29, 1.82) is 0 Å². The van der Waals surface area contributed by atoms with E-state index in [1.54, 1.807) is 6.20 Å². The minimum absolute atomic E-state index is 0.103. The molecule has 20 heavy (non-hydrogen) atoms. The van der Waals surface area contributed by atoms with Crippen LogP contribution in [0.5, 0.6) is 0 Å². The normalized spacial score (nSPS) is 11.8. The smallest absolute Gasteiger partial charge is 0.225 e. The standard InChI is InChI=1S/C14H18N2O4/c17-7-14(8-18,9-19)16-13(20)5-10-6-15-12-4-2-1-3-11(10)12/h1-4,6,15,17-19H,5,7-9H2,(H,16,20). The van der Waals surface area contributed by atoms with Crippen molar-refractivity contribution in [2.24, 2.45) is 0 Å². The predicted octanol–water partition coefficient (Wildman–Crippen LogP) is -0.458. The molecule has 0 unspecified atom stereocenters. The second-order valence-corrected chi connectivity index (χ2v) is 4.84. The van der Waals surface area contributed by atoms with Gasteiger partial charge in [0.1, 0.15) is 5.54 Å². The lowest BCUT2D eigenvalue weighted by atomic mass is 10.0. The monoisotopic (exact) mass is 278 g/mol. The molecule has 0 aliphatic carbocycles. The van der Waals surface area contributed by atoms with Crippen LogP contribution in [0.3, 0.4) is 0 Å². The number of amides is 1. The molecule has 0 spiro atoms. The molecular weight excluding hydrogens is 260 g/mol. The Morgan fingerprint density at radius 3 is 2.45 bits per heavy atom. The third-order valence-corrected chi connectivity index (χ3v) is 3.34. The molecule has 0 bridgehead atoms. The minimum atomic E-state index is -1.39. The number of fused-ring (bicyclic) bond motifs is 1. The molecular formula is C14H18N2O4. The number of nitrogens with one attached hydrogen (secondary N) is 2. The fraction of sp³-hybridized carbons (Fsp3) is 0.357. The molecule has 108 valence electrons. The lowest BCUT2D eigenvalue weighted by molar-refractivity contribution is -0.124. The van der Waals surface area contributed by atoms with E-state index in [9.17, 15) is 20.1 Å². The molecule has 0 aliphatic rings. The summed E-state index contributed by atoms with van der Waals surface area (Å²) >= 11 is 0. The first-order valence-electron chi connectivity index (χ1n) is 6.33. The molecule has 0 radical (unpaired) electrons. The third kappa shape index (κ3) is 2.82. The van der Waals surface area contributed by atoms with E-state index in [2.05, 4.69) is 10.3 Å². The first-order valence-corrected chi connectivity index (χ1v) is 6.33.